The molecule has 1 aromatic heterocycles. The maximum atomic E-state index is 12.7. The number of nitrogens with one attached hydrogen (secondary N) is 2. The molecule has 0 spiro atoms. The fourth-order valence-corrected chi connectivity index (χ4v) is 1.68. The molecule has 20 heavy (non-hydrogen) atoms. The van der Waals surface area contributed by atoms with Crippen molar-refractivity contribution >= 4 is 5.91 Å². The summed E-state index contributed by atoms with van der Waals surface area (Å²) < 4.78 is 12.7. The van der Waals surface area contributed by atoms with E-state index >= 15 is 0 Å². The summed E-state index contributed by atoms with van der Waals surface area (Å²) >= 11 is 0. The van der Waals surface area contributed by atoms with Crippen molar-refractivity contribution in [3.8, 4) is 0 Å². The Balaban J connectivity index is 1.66. The summed E-state index contributed by atoms with van der Waals surface area (Å²) in [6.07, 6.45) is 1.69. The van der Waals surface area contributed by atoms with Crippen LogP contribution in [0.1, 0.15) is 11.3 Å². The lowest BCUT2D eigenvalue weighted by atomic mass is 10.2. The summed E-state index contributed by atoms with van der Waals surface area (Å²) in [6, 6.07) is 11.7. The molecule has 0 aliphatic carbocycles. The van der Waals surface area contributed by atoms with Crippen molar-refractivity contribution in [1.29, 1.82) is 0 Å². The molecule has 0 bridgehead atoms. The second-order valence-corrected chi connectivity index (χ2v) is 4.33. The number of halogens is 1. The molecule has 104 valence electrons. The summed E-state index contributed by atoms with van der Waals surface area (Å²) in [7, 11) is 0. The average Bonchev–Trinajstić information content (AvgIpc) is 2.48. The van der Waals surface area contributed by atoms with Gasteiger partial charge in [-0.25, -0.2) is 4.39 Å². The number of benzene rings is 1. The number of hydrogen-bond acceptors (Lipinski definition) is 3. The molecule has 2 rings (SSSR count). The van der Waals surface area contributed by atoms with E-state index in [9.17, 15) is 9.18 Å². The lowest BCUT2D eigenvalue weighted by molar-refractivity contribution is -0.120. The van der Waals surface area contributed by atoms with Crippen LogP contribution in [0, 0.1) is 5.82 Å². The fraction of sp³-hybridized carbons (Fsp3) is 0.200. The summed E-state index contributed by atoms with van der Waals surface area (Å²) in [5.74, 6) is -0.361. The van der Waals surface area contributed by atoms with E-state index in [0.29, 0.717) is 13.1 Å². The van der Waals surface area contributed by atoms with E-state index in [4.69, 9.17) is 0 Å². The third-order valence-electron chi connectivity index (χ3n) is 2.72. The third kappa shape index (κ3) is 4.78. The first-order valence-corrected chi connectivity index (χ1v) is 6.36. The molecule has 5 heteroatoms. The van der Waals surface area contributed by atoms with E-state index in [1.807, 2.05) is 18.2 Å². The number of aromatic nitrogens is 1. The lowest BCUT2D eigenvalue weighted by Crippen LogP contribution is -2.33. The van der Waals surface area contributed by atoms with E-state index in [2.05, 4.69) is 15.6 Å². The number of amides is 1. The predicted molar refractivity (Wildman–Crippen MR) is 74.2 cm³/mol. The van der Waals surface area contributed by atoms with Gasteiger partial charge in [0, 0.05) is 12.7 Å². The Kier molecular flexibility index (Phi) is 5.20. The largest absolute Gasteiger partial charge is 0.349 e. The van der Waals surface area contributed by atoms with Gasteiger partial charge in [-0.1, -0.05) is 18.2 Å². The van der Waals surface area contributed by atoms with E-state index in [1.165, 1.54) is 12.1 Å². The van der Waals surface area contributed by atoms with Crippen molar-refractivity contribution in [2.75, 3.05) is 6.54 Å². The molecule has 0 fully saturated rings. The third-order valence-corrected chi connectivity index (χ3v) is 2.72. The SMILES string of the molecule is O=C(CNCc1ccc(F)cc1)NCc1ccccn1. The molecule has 0 atom stereocenters. The van der Waals surface area contributed by atoms with Gasteiger partial charge in [0.2, 0.25) is 5.91 Å². The molecule has 0 aliphatic rings. The molecule has 0 aliphatic heterocycles. The zero-order valence-electron chi connectivity index (χ0n) is 11.0. The zero-order chi connectivity index (χ0) is 14.2. The minimum Gasteiger partial charge on any atom is -0.349 e. The van der Waals surface area contributed by atoms with Gasteiger partial charge in [-0.3, -0.25) is 9.78 Å². The number of pyridine rings is 1. The summed E-state index contributed by atoms with van der Waals surface area (Å²) in [5.41, 5.74) is 1.75. The monoisotopic (exact) mass is 273 g/mol. The Bertz CT molecular complexity index is 543. The molecule has 1 aromatic carbocycles. The Hall–Kier alpha value is -2.27. The molecule has 0 radical (unpaired) electrons. The number of rotatable bonds is 6. The van der Waals surface area contributed by atoms with Crippen molar-refractivity contribution < 1.29 is 9.18 Å². The molecular formula is C15H16FN3O. The first kappa shape index (κ1) is 14.1. The van der Waals surface area contributed by atoms with Crippen molar-refractivity contribution in [1.82, 2.24) is 15.6 Å². The van der Waals surface area contributed by atoms with Crippen LogP contribution in [0.5, 0.6) is 0 Å². The number of hydrogen-bond donors (Lipinski definition) is 2. The molecule has 1 amide bonds. The normalized spacial score (nSPS) is 10.2. The van der Waals surface area contributed by atoms with Crippen LogP contribution in [0.4, 0.5) is 4.39 Å². The molecular weight excluding hydrogens is 257 g/mol. The maximum Gasteiger partial charge on any atom is 0.234 e. The van der Waals surface area contributed by atoms with Crippen molar-refractivity contribution in [3.63, 3.8) is 0 Å². The van der Waals surface area contributed by atoms with E-state index in [1.54, 1.807) is 18.3 Å². The van der Waals surface area contributed by atoms with E-state index < -0.39 is 0 Å². The van der Waals surface area contributed by atoms with Gasteiger partial charge in [0.1, 0.15) is 5.82 Å². The van der Waals surface area contributed by atoms with Gasteiger partial charge in [-0.2, -0.15) is 0 Å². The van der Waals surface area contributed by atoms with Crippen LogP contribution in [0.15, 0.2) is 48.7 Å². The number of carbonyl (C=O) groups is 1. The second-order valence-electron chi connectivity index (χ2n) is 4.33. The van der Waals surface area contributed by atoms with Crippen LogP contribution in [-0.2, 0) is 17.9 Å². The van der Waals surface area contributed by atoms with Gasteiger partial charge in [0.05, 0.1) is 18.8 Å². The van der Waals surface area contributed by atoms with Gasteiger partial charge in [-0.15, -0.1) is 0 Å². The molecule has 2 aromatic rings. The van der Waals surface area contributed by atoms with Crippen LogP contribution >= 0.6 is 0 Å². The van der Waals surface area contributed by atoms with Gasteiger partial charge in [0.25, 0.3) is 0 Å². The standard InChI is InChI=1S/C15H16FN3O/c16-13-6-4-12(5-7-13)9-17-11-15(20)19-10-14-3-1-2-8-18-14/h1-8,17H,9-11H2,(H,19,20). The van der Waals surface area contributed by atoms with Crippen LogP contribution in [0.2, 0.25) is 0 Å². The van der Waals surface area contributed by atoms with Gasteiger partial charge in [-0.05, 0) is 29.8 Å². The molecule has 2 N–H and O–H groups in total. The topological polar surface area (TPSA) is 54.0 Å². The molecule has 0 saturated carbocycles. The van der Waals surface area contributed by atoms with Crippen LogP contribution in [0.25, 0.3) is 0 Å². The smallest absolute Gasteiger partial charge is 0.234 e. The van der Waals surface area contributed by atoms with Crippen molar-refractivity contribution in [2.24, 2.45) is 0 Å². The Morgan fingerprint density at radius 2 is 1.90 bits per heavy atom. The second kappa shape index (κ2) is 7.35. The fourth-order valence-electron chi connectivity index (χ4n) is 1.68. The highest BCUT2D eigenvalue weighted by Gasteiger charge is 2.01. The lowest BCUT2D eigenvalue weighted by Gasteiger charge is -2.06. The summed E-state index contributed by atoms with van der Waals surface area (Å²) in [5, 5.41) is 5.77. The van der Waals surface area contributed by atoms with Crippen LogP contribution in [-0.4, -0.2) is 17.4 Å². The number of carbonyl (C=O) groups excluding carboxylic acids is 1. The van der Waals surface area contributed by atoms with Gasteiger partial charge < -0.3 is 10.6 Å². The van der Waals surface area contributed by atoms with E-state index in [0.717, 1.165) is 11.3 Å². The van der Waals surface area contributed by atoms with Crippen LogP contribution < -0.4 is 10.6 Å². The molecule has 1 heterocycles. The highest BCUT2D eigenvalue weighted by molar-refractivity contribution is 5.77. The number of nitrogens with zero attached hydrogens (tertiary/aromatic N) is 1. The minimum atomic E-state index is -0.262. The summed E-state index contributed by atoms with van der Waals surface area (Å²) in [6.45, 7) is 1.15. The minimum absolute atomic E-state index is 0.0993. The zero-order valence-corrected chi connectivity index (χ0v) is 11.0. The highest BCUT2D eigenvalue weighted by Crippen LogP contribution is 2.01. The quantitative estimate of drug-likeness (QED) is 0.841. The van der Waals surface area contributed by atoms with Crippen LogP contribution in [0.3, 0.4) is 0 Å². The Labute approximate surface area is 117 Å². The molecule has 0 unspecified atom stereocenters. The summed E-state index contributed by atoms with van der Waals surface area (Å²) in [4.78, 5) is 15.7. The van der Waals surface area contributed by atoms with Gasteiger partial charge >= 0.3 is 0 Å². The molecule has 4 nitrogen and oxygen atoms in total. The van der Waals surface area contributed by atoms with Crippen molar-refractivity contribution in [2.45, 2.75) is 13.1 Å². The average molecular weight is 273 g/mol. The first-order chi connectivity index (χ1) is 9.74. The van der Waals surface area contributed by atoms with E-state index in [-0.39, 0.29) is 18.3 Å². The Morgan fingerprint density at radius 1 is 1.10 bits per heavy atom. The first-order valence-electron chi connectivity index (χ1n) is 6.36. The predicted octanol–water partition coefficient (Wildman–Crippen LogP) is 1.63. The van der Waals surface area contributed by atoms with Gasteiger partial charge in [0.15, 0.2) is 0 Å². The maximum absolute atomic E-state index is 12.7. The van der Waals surface area contributed by atoms with Crippen molar-refractivity contribution in [3.05, 3.63) is 65.7 Å². The molecule has 0 saturated heterocycles. The Morgan fingerprint density at radius 3 is 2.60 bits per heavy atom. The highest BCUT2D eigenvalue weighted by atomic mass is 19.1.